The van der Waals surface area contributed by atoms with Gasteiger partial charge in [-0.1, -0.05) is 22.9 Å². The molecule has 3 aromatic rings. The van der Waals surface area contributed by atoms with Gasteiger partial charge in [0.2, 0.25) is 5.82 Å². The van der Waals surface area contributed by atoms with Crippen molar-refractivity contribution >= 4 is 44.2 Å². The molecule has 1 aromatic carbocycles. The van der Waals surface area contributed by atoms with Gasteiger partial charge in [-0.2, -0.15) is 0 Å². The Labute approximate surface area is 128 Å². The normalized spacial score (nSPS) is 14.5. The van der Waals surface area contributed by atoms with E-state index in [-0.39, 0.29) is 11.7 Å². The van der Waals surface area contributed by atoms with Crippen LogP contribution in [0, 0.1) is 0 Å². The third kappa shape index (κ3) is 2.50. The third-order valence-electron chi connectivity index (χ3n) is 3.24. The van der Waals surface area contributed by atoms with E-state index in [4.69, 9.17) is 11.6 Å². The highest BCUT2D eigenvalue weighted by Gasteiger charge is 2.28. The number of nitrogens with one attached hydrogen (secondary N) is 2. The molecule has 0 aliphatic heterocycles. The van der Waals surface area contributed by atoms with Crippen LogP contribution < -0.4 is 5.32 Å². The van der Waals surface area contributed by atoms with Crippen molar-refractivity contribution in [2.24, 2.45) is 0 Å². The second-order valence-corrected chi connectivity index (χ2v) is 6.37. The predicted molar refractivity (Wildman–Crippen MR) is 80.9 cm³/mol. The van der Waals surface area contributed by atoms with Crippen LogP contribution in [0.25, 0.3) is 10.2 Å². The third-order valence-corrected chi connectivity index (χ3v) is 4.41. The molecule has 6 nitrogen and oxygen atoms in total. The molecule has 0 saturated heterocycles. The Morgan fingerprint density at radius 2 is 2.24 bits per heavy atom. The van der Waals surface area contributed by atoms with Crippen LogP contribution in [-0.2, 0) is 0 Å². The van der Waals surface area contributed by atoms with Crippen molar-refractivity contribution in [3.8, 4) is 0 Å². The molecule has 2 heterocycles. The Morgan fingerprint density at radius 3 is 3.05 bits per heavy atom. The van der Waals surface area contributed by atoms with Gasteiger partial charge in [0.1, 0.15) is 5.82 Å². The zero-order valence-electron chi connectivity index (χ0n) is 10.8. The summed E-state index contributed by atoms with van der Waals surface area (Å²) in [6.07, 6.45) is 2.21. The lowest BCUT2D eigenvalue weighted by molar-refractivity contribution is 0.101. The summed E-state index contributed by atoms with van der Waals surface area (Å²) in [5, 5.41) is 10.6. The molecule has 0 spiro atoms. The van der Waals surface area contributed by atoms with Crippen LogP contribution in [0.15, 0.2) is 18.2 Å². The Hall–Kier alpha value is -1.99. The van der Waals surface area contributed by atoms with Gasteiger partial charge < -0.3 is 0 Å². The Bertz CT molecular complexity index is 838. The van der Waals surface area contributed by atoms with E-state index in [0.717, 1.165) is 28.9 Å². The molecule has 1 fully saturated rings. The minimum absolute atomic E-state index is 0.147. The molecule has 2 N–H and O–H groups in total. The van der Waals surface area contributed by atoms with Crippen LogP contribution in [0.1, 0.15) is 35.2 Å². The maximum absolute atomic E-state index is 12.1. The fraction of sp³-hybridized carbons (Fsp3) is 0.231. The monoisotopic (exact) mass is 319 g/mol. The van der Waals surface area contributed by atoms with Gasteiger partial charge in [0, 0.05) is 10.9 Å². The number of rotatable bonds is 3. The highest BCUT2D eigenvalue weighted by Crippen LogP contribution is 2.37. The predicted octanol–water partition coefficient (Wildman–Crippen LogP) is 3.20. The molecule has 4 rings (SSSR count). The fourth-order valence-corrected chi connectivity index (χ4v) is 3.16. The van der Waals surface area contributed by atoms with E-state index < -0.39 is 0 Å². The van der Waals surface area contributed by atoms with E-state index >= 15 is 0 Å². The molecular weight excluding hydrogens is 310 g/mol. The SMILES string of the molecule is O=C(Nc1nc2ccc(Cl)cc2s1)c1n[nH]c(C2CC2)n1. The Balaban J connectivity index is 1.56. The van der Waals surface area contributed by atoms with Crippen molar-refractivity contribution in [3.63, 3.8) is 0 Å². The summed E-state index contributed by atoms with van der Waals surface area (Å²) in [5.41, 5.74) is 0.799. The summed E-state index contributed by atoms with van der Waals surface area (Å²) >= 11 is 7.30. The first kappa shape index (κ1) is 12.7. The molecular formula is C13H10ClN5OS. The second-order valence-electron chi connectivity index (χ2n) is 4.90. The van der Waals surface area contributed by atoms with Gasteiger partial charge in [-0.15, -0.1) is 5.10 Å². The number of carbonyl (C=O) groups is 1. The van der Waals surface area contributed by atoms with Crippen LogP contribution in [0.2, 0.25) is 5.02 Å². The number of H-pyrrole nitrogens is 1. The largest absolute Gasteiger partial charge is 0.297 e. The summed E-state index contributed by atoms with van der Waals surface area (Å²) in [6, 6.07) is 5.41. The van der Waals surface area contributed by atoms with Crippen molar-refractivity contribution in [3.05, 3.63) is 34.9 Å². The Morgan fingerprint density at radius 1 is 1.38 bits per heavy atom. The maximum Gasteiger partial charge on any atom is 0.297 e. The minimum atomic E-state index is -0.358. The number of anilines is 1. The van der Waals surface area contributed by atoms with Crippen LogP contribution in [-0.4, -0.2) is 26.1 Å². The van der Waals surface area contributed by atoms with Crippen LogP contribution >= 0.6 is 22.9 Å². The number of nitrogens with zero attached hydrogens (tertiary/aromatic N) is 3. The average molecular weight is 320 g/mol. The van der Waals surface area contributed by atoms with Crippen LogP contribution in [0.3, 0.4) is 0 Å². The van der Waals surface area contributed by atoms with E-state index in [1.165, 1.54) is 11.3 Å². The highest BCUT2D eigenvalue weighted by atomic mass is 35.5. The molecule has 106 valence electrons. The molecule has 0 unspecified atom stereocenters. The van der Waals surface area contributed by atoms with Crippen LogP contribution in [0.4, 0.5) is 5.13 Å². The molecule has 2 aromatic heterocycles. The van der Waals surface area contributed by atoms with E-state index in [1.54, 1.807) is 6.07 Å². The molecule has 1 aliphatic rings. The van der Waals surface area contributed by atoms with Gasteiger partial charge in [0.15, 0.2) is 5.13 Å². The molecule has 8 heteroatoms. The zero-order chi connectivity index (χ0) is 14.4. The molecule has 0 radical (unpaired) electrons. The first-order valence-corrected chi connectivity index (χ1v) is 7.68. The summed E-state index contributed by atoms with van der Waals surface area (Å²) in [6.45, 7) is 0. The summed E-state index contributed by atoms with van der Waals surface area (Å²) in [5.74, 6) is 1.01. The first-order chi connectivity index (χ1) is 10.2. The lowest BCUT2D eigenvalue weighted by Gasteiger charge is -1.95. The number of halogens is 1. The molecule has 0 bridgehead atoms. The van der Waals surface area contributed by atoms with Crippen molar-refractivity contribution in [2.45, 2.75) is 18.8 Å². The minimum Gasteiger partial charge on any atom is -0.295 e. The number of fused-ring (bicyclic) bond motifs is 1. The molecule has 1 amide bonds. The lowest BCUT2D eigenvalue weighted by Crippen LogP contribution is -2.13. The summed E-state index contributed by atoms with van der Waals surface area (Å²) < 4.78 is 0.923. The van der Waals surface area contributed by atoms with Gasteiger partial charge in [0.05, 0.1) is 10.2 Å². The quantitative estimate of drug-likeness (QED) is 0.776. The van der Waals surface area contributed by atoms with E-state index in [1.807, 2.05) is 12.1 Å². The van der Waals surface area contributed by atoms with Gasteiger partial charge in [-0.3, -0.25) is 15.2 Å². The van der Waals surface area contributed by atoms with Crippen molar-refractivity contribution in [2.75, 3.05) is 5.32 Å². The summed E-state index contributed by atoms with van der Waals surface area (Å²) in [7, 11) is 0. The maximum atomic E-state index is 12.1. The fourth-order valence-electron chi connectivity index (χ4n) is 2.02. The number of benzene rings is 1. The van der Waals surface area contributed by atoms with Crippen LogP contribution in [0.5, 0.6) is 0 Å². The van der Waals surface area contributed by atoms with Crippen molar-refractivity contribution in [1.82, 2.24) is 20.2 Å². The molecule has 1 saturated carbocycles. The number of thiazole rings is 1. The summed E-state index contributed by atoms with van der Waals surface area (Å²) in [4.78, 5) is 20.6. The van der Waals surface area contributed by atoms with E-state index in [0.29, 0.717) is 16.1 Å². The number of amides is 1. The average Bonchev–Trinajstić information content (AvgIpc) is 3.05. The Kier molecular flexibility index (Phi) is 2.90. The van der Waals surface area contributed by atoms with Gasteiger partial charge >= 0.3 is 0 Å². The van der Waals surface area contributed by atoms with Crippen molar-refractivity contribution < 1.29 is 4.79 Å². The molecule has 1 aliphatic carbocycles. The number of hydrogen-bond acceptors (Lipinski definition) is 5. The second kappa shape index (κ2) is 4.78. The lowest BCUT2D eigenvalue weighted by atomic mass is 10.3. The van der Waals surface area contributed by atoms with E-state index in [9.17, 15) is 4.79 Å². The number of aromatic amines is 1. The van der Waals surface area contributed by atoms with Crippen molar-refractivity contribution in [1.29, 1.82) is 0 Å². The standard InChI is InChI=1S/C13H10ClN5OS/c14-7-3-4-8-9(5-7)21-13(15-8)17-12(20)11-16-10(18-19-11)6-1-2-6/h3-6H,1-2H2,(H,15,17,20)(H,16,18,19). The topological polar surface area (TPSA) is 83.6 Å². The molecule has 0 atom stereocenters. The smallest absolute Gasteiger partial charge is 0.295 e. The zero-order valence-corrected chi connectivity index (χ0v) is 12.3. The van der Waals surface area contributed by atoms with E-state index in [2.05, 4.69) is 25.5 Å². The number of aromatic nitrogens is 4. The highest BCUT2D eigenvalue weighted by molar-refractivity contribution is 7.22. The molecule has 21 heavy (non-hydrogen) atoms. The number of hydrogen-bond donors (Lipinski definition) is 2. The van der Waals surface area contributed by atoms with Gasteiger partial charge in [-0.25, -0.2) is 9.97 Å². The first-order valence-electron chi connectivity index (χ1n) is 6.49. The number of carbonyl (C=O) groups excluding carboxylic acids is 1. The van der Waals surface area contributed by atoms with Gasteiger partial charge in [0.25, 0.3) is 5.91 Å². The van der Waals surface area contributed by atoms with Gasteiger partial charge in [-0.05, 0) is 31.0 Å².